The summed E-state index contributed by atoms with van der Waals surface area (Å²) in [5, 5.41) is 14.0. The zero-order chi connectivity index (χ0) is 18.7. The topological polar surface area (TPSA) is 97.9 Å². The summed E-state index contributed by atoms with van der Waals surface area (Å²) in [4.78, 5) is 17.1. The molecule has 2 heterocycles. The maximum absolute atomic E-state index is 12.7. The first-order chi connectivity index (χ1) is 12.5. The van der Waals surface area contributed by atoms with Crippen LogP contribution in [0.15, 0.2) is 35.1 Å². The molecular formula is C18H22N6O2. The zero-order valence-electron chi connectivity index (χ0n) is 15.3. The highest BCUT2D eigenvalue weighted by molar-refractivity contribution is 5.96. The van der Waals surface area contributed by atoms with Crippen LogP contribution in [0.2, 0.25) is 0 Å². The fourth-order valence-electron chi connectivity index (χ4n) is 2.65. The Morgan fingerprint density at radius 1 is 1.38 bits per heavy atom. The van der Waals surface area contributed by atoms with Gasteiger partial charge in [-0.2, -0.15) is 10.1 Å². The maximum atomic E-state index is 12.7. The Morgan fingerprint density at radius 2 is 2.19 bits per heavy atom. The number of nitrogens with one attached hydrogen (secondary N) is 2. The average Bonchev–Trinajstić information content (AvgIpc) is 3.27. The largest absolute Gasteiger partial charge is 0.334 e. The van der Waals surface area contributed by atoms with E-state index in [4.69, 9.17) is 4.52 Å². The molecule has 8 nitrogen and oxygen atoms in total. The van der Waals surface area contributed by atoms with Gasteiger partial charge < -0.3 is 15.2 Å². The lowest BCUT2D eigenvalue weighted by Gasteiger charge is -2.16. The Balaban J connectivity index is 1.84. The molecule has 26 heavy (non-hydrogen) atoms. The van der Waals surface area contributed by atoms with Gasteiger partial charge in [-0.1, -0.05) is 18.1 Å². The first-order valence-electron chi connectivity index (χ1n) is 8.42. The number of anilines is 1. The van der Waals surface area contributed by atoms with Crippen molar-refractivity contribution in [3.05, 3.63) is 47.5 Å². The lowest BCUT2D eigenvalue weighted by molar-refractivity contribution is -0.118. The van der Waals surface area contributed by atoms with Crippen LogP contribution in [0.4, 0.5) is 5.69 Å². The highest BCUT2D eigenvalue weighted by Crippen LogP contribution is 2.25. The van der Waals surface area contributed by atoms with E-state index in [9.17, 15) is 4.79 Å². The molecule has 3 rings (SSSR count). The van der Waals surface area contributed by atoms with Crippen molar-refractivity contribution in [3.8, 4) is 11.5 Å². The van der Waals surface area contributed by atoms with Crippen LogP contribution in [-0.4, -0.2) is 32.9 Å². The molecule has 2 N–H and O–H groups in total. The van der Waals surface area contributed by atoms with Crippen LogP contribution in [0, 0.1) is 6.92 Å². The fraction of sp³-hybridized carbons (Fsp3) is 0.333. The summed E-state index contributed by atoms with van der Waals surface area (Å²) in [6.45, 7) is 3.90. The molecule has 1 aromatic carbocycles. The monoisotopic (exact) mass is 354 g/mol. The van der Waals surface area contributed by atoms with Crippen molar-refractivity contribution >= 4 is 11.6 Å². The predicted octanol–water partition coefficient (Wildman–Crippen LogP) is 2.24. The third kappa shape index (κ3) is 3.65. The van der Waals surface area contributed by atoms with Crippen molar-refractivity contribution in [1.29, 1.82) is 0 Å². The van der Waals surface area contributed by atoms with E-state index < -0.39 is 6.04 Å². The summed E-state index contributed by atoms with van der Waals surface area (Å²) in [6.07, 6.45) is 4.19. The Morgan fingerprint density at radius 3 is 2.81 bits per heavy atom. The number of hydrogen-bond donors (Lipinski definition) is 2. The lowest BCUT2D eigenvalue weighted by atomic mass is 10.1. The van der Waals surface area contributed by atoms with Crippen molar-refractivity contribution in [3.63, 3.8) is 0 Å². The summed E-state index contributed by atoms with van der Waals surface area (Å²) in [7, 11) is 3.56. The molecule has 0 saturated heterocycles. The summed E-state index contributed by atoms with van der Waals surface area (Å²) in [6, 6.07) is 5.16. The molecule has 0 saturated carbocycles. The van der Waals surface area contributed by atoms with Crippen LogP contribution >= 0.6 is 0 Å². The minimum atomic E-state index is -0.498. The number of aromatic nitrogens is 4. The molecule has 0 aliphatic carbocycles. The summed E-state index contributed by atoms with van der Waals surface area (Å²) < 4.78 is 6.95. The molecule has 0 radical (unpaired) electrons. The van der Waals surface area contributed by atoms with Crippen LogP contribution < -0.4 is 10.6 Å². The maximum Gasteiger partial charge on any atom is 0.257 e. The number of amides is 1. The van der Waals surface area contributed by atoms with Crippen LogP contribution in [0.1, 0.15) is 29.9 Å². The molecule has 8 heteroatoms. The Bertz CT molecular complexity index is 914. The van der Waals surface area contributed by atoms with Crippen molar-refractivity contribution in [2.45, 2.75) is 26.3 Å². The molecule has 136 valence electrons. The third-order valence-electron chi connectivity index (χ3n) is 4.14. The van der Waals surface area contributed by atoms with Gasteiger partial charge in [0.25, 0.3) is 5.89 Å². The normalized spacial score (nSPS) is 12.2. The highest BCUT2D eigenvalue weighted by atomic mass is 16.5. The van der Waals surface area contributed by atoms with Gasteiger partial charge >= 0.3 is 0 Å². The van der Waals surface area contributed by atoms with Gasteiger partial charge in [0.1, 0.15) is 6.04 Å². The molecular weight excluding hydrogens is 332 g/mol. The van der Waals surface area contributed by atoms with E-state index in [-0.39, 0.29) is 5.91 Å². The van der Waals surface area contributed by atoms with Crippen LogP contribution in [0.5, 0.6) is 0 Å². The molecule has 1 unspecified atom stereocenters. The molecule has 0 aliphatic rings. The van der Waals surface area contributed by atoms with Gasteiger partial charge in [-0.05, 0) is 31.7 Å². The van der Waals surface area contributed by atoms with Gasteiger partial charge in [0, 0.05) is 36.5 Å². The smallest absolute Gasteiger partial charge is 0.257 e. The van der Waals surface area contributed by atoms with Crippen LogP contribution in [-0.2, 0) is 18.3 Å². The lowest BCUT2D eigenvalue weighted by Crippen LogP contribution is -2.30. The van der Waals surface area contributed by atoms with E-state index in [0.717, 1.165) is 16.7 Å². The predicted molar refractivity (Wildman–Crippen MR) is 97.5 cm³/mol. The van der Waals surface area contributed by atoms with E-state index in [1.165, 1.54) is 0 Å². The molecule has 0 bridgehead atoms. The standard InChI is InChI=1S/C18H22N6O2/c1-5-15-22-18(26-23-15)12-7-6-11(2)14(8-12)21-17(25)16(19-3)13-9-20-24(4)10-13/h6-10,16,19H,5H2,1-4H3,(H,21,25). The zero-order valence-corrected chi connectivity index (χ0v) is 15.3. The second-order valence-corrected chi connectivity index (χ2v) is 6.06. The van der Waals surface area contributed by atoms with Gasteiger partial charge in [-0.15, -0.1) is 0 Å². The Labute approximate surface area is 151 Å². The van der Waals surface area contributed by atoms with Gasteiger partial charge in [-0.25, -0.2) is 0 Å². The number of benzene rings is 1. The van der Waals surface area contributed by atoms with Gasteiger partial charge in [0.05, 0.1) is 6.20 Å². The van der Waals surface area contributed by atoms with Gasteiger partial charge in [0.2, 0.25) is 5.91 Å². The minimum Gasteiger partial charge on any atom is -0.334 e. The van der Waals surface area contributed by atoms with E-state index in [0.29, 0.717) is 23.8 Å². The van der Waals surface area contributed by atoms with Gasteiger partial charge in [0.15, 0.2) is 5.82 Å². The molecule has 1 atom stereocenters. The number of likely N-dealkylation sites (N-methyl/N-ethyl adjacent to an activating group) is 1. The minimum absolute atomic E-state index is 0.166. The van der Waals surface area contributed by atoms with Gasteiger partial charge in [-0.3, -0.25) is 9.48 Å². The summed E-state index contributed by atoms with van der Waals surface area (Å²) in [5.74, 6) is 0.924. The van der Waals surface area contributed by atoms with Crippen LogP contribution in [0.25, 0.3) is 11.5 Å². The molecule has 0 aliphatic heterocycles. The molecule has 0 fully saturated rings. The number of carbonyl (C=O) groups is 1. The fourth-order valence-corrected chi connectivity index (χ4v) is 2.65. The second kappa shape index (κ2) is 7.49. The van der Waals surface area contributed by atoms with Crippen molar-refractivity contribution < 1.29 is 9.32 Å². The summed E-state index contributed by atoms with van der Waals surface area (Å²) in [5.41, 5.74) is 3.21. The second-order valence-electron chi connectivity index (χ2n) is 6.06. The molecule has 1 amide bonds. The van der Waals surface area contributed by atoms with Crippen molar-refractivity contribution in [2.24, 2.45) is 7.05 Å². The van der Waals surface area contributed by atoms with E-state index in [1.54, 1.807) is 17.9 Å². The summed E-state index contributed by atoms with van der Waals surface area (Å²) >= 11 is 0. The number of carbonyl (C=O) groups excluding carboxylic acids is 1. The average molecular weight is 354 g/mol. The van der Waals surface area contributed by atoms with E-state index in [2.05, 4.69) is 25.9 Å². The van der Waals surface area contributed by atoms with E-state index >= 15 is 0 Å². The number of nitrogens with zero attached hydrogens (tertiary/aromatic N) is 4. The van der Waals surface area contributed by atoms with Crippen molar-refractivity contribution in [2.75, 3.05) is 12.4 Å². The molecule has 2 aromatic heterocycles. The quantitative estimate of drug-likeness (QED) is 0.704. The SMILES string of the molecule is CCc1noc(-c2ccc(C)c(NC(=O)C(NC)c3cnn(C)c3)c2)n1. The molecule has 0 spiro atoms. The third-order valence-corrected chi connectivity index (χ3v) is 4.14. The highest BCUT2D eigenvalue weighted by Gasteiger charge is 2.21. The van der Waals surface area contributed by atoms with E-state index in [1.807, 2.05) is 45.3 Å². The van der Waals surface area contributed by atoms with Crippen LogP contribution in [0.3, 0.4) is 0 Å². The number of rotatable bonds is 6. The number of hydrogen-bond acceptors (Lipinski definition) is 6. The Kier molecular flexibility index (Phi) is 5.13. The first-order valence-corrected chi connectivity index (χ1v) is 8.42. The Hall–Kier alpha value is -3.00. The van der Waals surface area contributed by atoms with Crippen molar-refractivity contribution in [1.82, 2.24) is 25.2 Å². The first kappa shape index (κ1) is 17.8. The molecule has 3 aromatic rings. The number of aryl methyl sites for hydroxylation is 3.